The molecule has 2 aromatic rings. The highest BCUT2D eigenvalue weighted by atomic mass is 16.6. The van der Waals surface area contributed by atoms with Crippen LogP contribution in [-0.2, 0) is 12.8 Å². The highest BCUT2D eigenvalue weighted by Crippen LogP contribution is 2.29. The number of aryl methyl sites for hydroxylation is 2. The number of hydrogen-bond acceptors (Lipinski definition) is 4. The SMILES string of the molecule is O=C(c1ccc2c(c1)CCCC2)N1CCN(c2ccccc2[N+](=O)[O-])CC1. The third kappa shape index (κ3) is 3.52. The Morgan fingerprint density at radius 1 is 0.926 bits per heavy atom. The smallest absolute Gasteiger partial charge is 0.292 e. The van der Waals surface area contributed by atoms with Gasteiger partial charge in [0.1, 0.15) is 5.69 Å². The minimum absolute atomic E-state index is 0.0607. The van der Waals surface area contributed by atoms with Crippen molar-refractivity contribution in [3.63, 3.8) is 0 Å². The first-order chi connectivity index (χ1) is 13.1. The number of nitro groups is 1. The van der Waals surface area contributed by atoms with E-state index in [-0.39, 0.29) is 16.5 Å². The number of para-hydroxylation sites is 2. The molecule has 140 valence electrons. The zero-order valence-corrected chi connectivity index (χ0v) is 15.3. The van der Waals surface area contributed by atoms with Gasteiger partial charge in [-0.3, -0.25) is 14.9 Å². The molecule has 27 heavy (non-hydrogen) atoms. The molecular weight excluding hydrogens is 342 g/mol. The lowest BCUT2D eigenvalue weighted by Crippen LogP contribution is -2.49. The lowest BCUT2D eigenvalue weighted by atomic mass is 9.90. The average Bonchev–Trinajstić information content (AvgIpc) is 2.73. The van der Waals surface area contributed by atoms with Gasteiger partial charge < -0.3 is 9.80 Å². The summed E-state index contributed by atoms with van der Waals surface area (Å²) >= 11 is 0. The second-order valence-corrected chi connectivity index (χ2v) is 7.22. The second-order valence-electron chi connectivity index (χ2n) is 7.22. The maximum atomic E-state index is 12.9. The Labute approximate surface area is 158 Å². The van der Waals surface area contributed by atoms with Gasteiger partial charge in [-0.05, 0) is 55.0 Å². The van der Waals surface area contributed by atoms with Gasteiger partial charge in [0, 0.05) is 37.8 Å². The molecule has 0 N–H and O–H groups in total. The maximum absolute atomic E-state index is 12.9. The van der Waals surface area contributed by atoms with Crippen molar-refractivity contribution in [3.05, 3.63) is 69.3 Å². The molecule has 0 aromatic heterocycles. The fourth-order valence-electron chi connectivity index (χ4n) is 4.09. The number of carbonyl (C=O) groups is 1. The summed E-state index contributed by atoms with van der Waals surface area (Å²) in [5.41, 5.74) is 4.19. The summed E-state index contributed by atoms with van der Waals surface area (Å²) in [7, 11) is 0. The van der Waals surface area contributed by atoms with E-state index in [1.165, 1.54) is 30.0 Å². The largest absolute Gasteiger partial charge is 0.362 e. The zero-order chi connectivity index (χ0) is 18.8. The van der Waals surface area contributed by atoms with Gasteiger partial charge in [0.2, 0.25) is 0 Å². The van der Waals surface area contributed by atoms with Crippen molar-refractivity contribution in [2.45, 2.75) is 25.7 Å². The van der Waals surface area contributed by atoms with Crippen LogP contribution in [0.2, 0.25) is 0 Å². The number of anilines is 1. The van der Waals surface area contributed by atoms with Crippen LogP contribution in [0.25, 0.3) is 0 Å². The molecule has 6 nitrogen and oxygen atoms in total. The molecule has 2 aliphatic rings. The van der Waals surface area contributed by atoms with Crippen LogP contribution in [0, 0.1) is 10.1 Å². The number of amides is 1. The number of carbonyl (C=O) groups excluding carboxylic acids is 1. The molecule has 1 aliphatic carbocycles. The van der Waals surface area contributed by atoms with E-state index in [4.69, 9.17) is 0 Å². The lowest BCUT2D eigenvalue weighted by Gasteiger charge is -2.36. The summed E-state index contributed by atoms with van der Waals surface area (Å²) in [6, 6.07) is 12.9. The van der Waals surface area contributed by atoms with Gasteiger partial charge in [0.05, 0.1) is 4.92 Å². The van der Waals surface area contributed by atoms with Crippen LogP contribution in [0.15, 0.2) is 42.5 Å². The van der Waals surface area contributed by atoms with E-state index >= 15 is 0 Å². The number of benzene rings is 2. The predicted molar refractivity (Wildman–Crippen MR) is 104 cm³/mol. The Bertz CT molecular complexity index is 873. The standard InChI is InChI=1S/C21H23N3O3/c25-21(18-10-9-16-5-1-2-6-17(16)15-18)23-13-11-22(12-14-23)19-7-3-4-8-20(19)24(26)27/h3-4,7-10,15H,1-2,5-6,11-14H2. The lowest BCUT2D eigenvalue weighted by molar-refractivity contribution is -0.384. The van der Waals surface area contributed by atoms with Gasteiger partial charge in [-0.2, -0.15) is 0 Å². The summed E-state index contributed by atoms with van der Waals surface area (Å²) in [5.74, 6) is 0.0607. The van der Waals surface area contributed by atoms with Crippen molar-refractivity contribution in [2.75, 3.05) is 31.1 Å². The van der Waals surface area contributed by atoms with Crippen molar-refractivity contribution in [1.29, 1.82) is 0 Å². The Morgan fingerprint density at radius 3 is 2.37 bits per heavy atom. The van der Waals surface area contributed by atoms with Crippen molar-refractivity contribution < 1.29 is 9.72 Å². The summed E-state index contributed by atoms with van der Waals surface area (Å²) in [5, 5.41) is 11.3. The van der Waals surface area contributed by atoms with Gasteiger partial charge in [0.15, 0.2) is 0 Å². The normalized spacial score (nSPS) is 16.7. The molecule has 0 unspecified atom stereocenters. The summed E-state index contributed by atoms with van der Waals surface area (Å²) in [6.45, 7) is 2.34. The first-order valence-electron chi connectivity index (χ1n) is 9.53. The predicted octanol–water partition coefficient (Wildman–Crippen LogP) is 3.44. The van der Waals surface area contributed by atoms with Gasteiger partial charge in [-0.25, -0.2) is 0 Å². The number of rotatable bonds is 3. The van der Waals surface area contributed by atoms with Crippen molar-refractivity contribution in [2.24, 2.45) is 0 Å². The van der Waals surface area contributed by atoms with Gasteiger partial charge in [-0.1, -0.05) is 18.2 Å². The molecule has 2 aromatic carbocycles. The topological polar surface area (TPSA) is 66.7 Å². The Balaban J connectivity index is 1.45. The van der Waals surface area contributed by atoms with Gasteiger partial charge in [0.25, 0.3) is 11.6 Å². The molecule has 0 bridgehead atoms. The van der Waals surface area contributed by atoms with Crippen LogP contribution in [0.5, 0.6) is 0 Å². The fraction of sp³-hybridized carbons (Fsp3) is 0.381. The van der Waals surface area contributed by atoms with E-state index in [0.29, 0.717) is 31.9 Å². The van der Waals surface area contributed by atoms with Crippen LogP contribution < -0.4 is 4.90 Å². The molecule has 6 heteroatoms. The van der Waals surface area contributed by atoms with E-state index in [1.54, 1.807) is 12.1 Å². The minimum atomic E-state index is -0.347. The zero-order valence-electron chi connectivity index (χ0n) is 15.3. The average molecular weight is 365 g/mol. The number of piperazine rings is 1. The number of hydrogen-bond donors (Lipinski definition) is 0. The van der Waals surface area contributed by atoms with Crippen LogP contribution >= 0.6 is 0 Å². The molecule has 0 radical (unpaired) electrons. The van der Waals surface area contributed by atoms with Crippen LogP contribution in [-0.4, -0.2) is 41.9 Å². The molecule has 0 saturated carbocycles. The van der Waals surface area contributed by atoms with Gasteiger partial charge >= 0.3 is 0 Å². The highest BCUT2D eigenvalue weighted by molar-refractivity contribution is 5.94. The number of nitrogens with zero attached hydrogens (tertiary/aromatic N) is 3. The van der Waals surface area contributed by atoms with E-state index in [1.807, 2.05) is 21.9 Å². The van der Waals surface area contributed by atoms with Crippen LogP contribution in [0.4, 0.5) is 11.4 Å². The highest BCUT2D eigenvalue weighted by Gasteiger charge is 2.26. The summed E-state index contributed by atoms with van der Waals surface area (Å²) in [4.78, 5) is 27.7. The monoisotopic (exact) mass is 365 g/mol. The first kappa shape index (κ1) is 17.5. The van der Waals surface area contributed by atoms with Crippen molar-refractivity contribution in [1.82, 2.24) is 4.90 Å². The molecule has 1 saturated heterocycles. The van der Waals surface area contributed by atoms with Crippen LogP contribution in [0.1, 0.15) is 34.3 Å². The maximum Gasteiger partial charge on any atom is 0.292 e. The molecule has 0 spiro atoms. The van der Waals surface area contributed by atoms with E-state index < -0.39 is 0 Å². The van der Waals surface area contributed by atoms with E-state index in [0.717, 1.165) is 18.4 Å². The molecule has 1 fully saturated rings. The Morgan fingerprint density at radius 2 is 1.63 bits per heavy atom. The quantitative estimate of drug-likeness (QED) is 0.617. The second kappa shape index (κ2) is 7.39. The summed E-state index contributed by atoms with van der Waals surface area (Å²) in [6.07, 6.45) is 4.59. The minimum Gasteiger partial charge on any atom is -0.362 e. The molecule has 4 rings (SSSR count). The molecule has 1 amide bonds. The number of nitro benzene ring substituents is 1. The molecule has 1 heterocycles. The molecule has 0 atom stereocenters. The third-order valence-electron chi connectivity index (χ3n) is 5.58. The van der Waals surface area contributed by atoms with Crippen LogP contribution in [0.3, 0.4) is 0 Å². The van der Waals surface area contributed by atoms with E-state index in [9.17, 15) is 14.9 Å². The summed E-state index contributed by atoms with van der Waals surface area (Å²) < 4.78 is 0. The van der Waals surface area contributed by atoms with Crippen molar-refractivity contribution in [3.8, 4) is 0 Å². The fourth-order valence-corrected chi connectivity index (χ4v) is 4.09. The molecular formula is C21H23N3O3. The third-order valence-corrected chi connectivity index (χ3v) is 5.58. The van der Waals surface area contributed by atoms with E-state index in [2.05, 4.69) is 12.1 Å². The van der Waals surface area contributed by atoms with Crippen molar-refractivity contribution >= 4 is 17.3 Å². The first-order valence-corrected chi connectivity index (χ1v) is 9.53. The number of fused-ring (bicyclic) bond motifs is 1. The Hall–Kier alpha value is -2.89. The van der Waals surface area contributed by atoms with Gasteiger partial charge in [-0.15, -0.1) is 0 Å². The molecule has 1 aliphatic heterocycles. The Kier molecular flexibility index (Phi) is 4.79.